The molecule has 0 unspecified atom stereocenters. The Morgan fingerprint density at radius 1 is 1.22 bits per heavy atom. The number of aryl methyl sites for hydroxylation is 1. The molecule has 4 N–H and O–H groups in total. The normalized spacial score (nSPS) is 23.2. The zero-order chi connectivity index (χ0) is 23.4. The number of hydrogen-bond acceptors (Lipinski definition) is 4. The maximum absolute atomic E-state index is 14.3. The first-order valence-corrected chi connectivity index (χ1v) is 10.5. The summed E-state index contributed by atoms with van der Waals surface area (Å²) in [6.07, 6.45) is -5.15. The van der Waals surface area contributed by atoms with E-state index in [4.69, 9.17) is 0 Å². The molecule has 1 aromatic heterocycles. The van der Waals surface area contributed by atoms with Crippen molar-refractivity contribution in [3.05, 3.63) is 69.0 Å². The second kappa shape index (κ2) is 7.55. The lowest BCUT2D eigenvalue weighted by atomic mass is 9.68. The number of aromatic hydroxyl groups is 1. The molecule has 0 amide bonds. The molecule has 2 aromatic carbocycles. The van der Waals surface area contributed by atoms with Crippen molar-refractivity contribution in [3.63, 3.8) is 0 Å². The van der Waals surface area contributed by atoms with Crippen LogP contribution in [0.1, 0.15) is 54.0 Å². The third-order valence-corrected chi connectivity index (χ3v) is 6.69. The second-order valence-electron chi connectivity index (χ2n) is 8.57. The molecule has 3 aromatic rings. The molecular weight excluding hydrogens is 421 g/mol. The fraction of sp³-hybridized carbons (Fsp3) is 0.375. The van der Waals surface area contributed by atoms with Gasteiger partial charge in [-0.2, -0.15) is 13.2 Å². The van der Waals surface area contributed by atoms with Crippen molar-refractivity contribution < 1.29 is 23.4 Å². The summed E-state index contributed by atoms with van der Waals surface area (Å²) in [6, 6.07) is 7.76. The lowest BCUT2D eigenvalue weighted by Gasteiger charge is -2.46. The summed E-state index contributed by atoms with van der Waals surface area (Å²) in [5.74, 6) is -0.678. The Hall–Kier alpha value is -3.00. The molecule has 170 valence electrons. The summed E-state index contributed by atoms with van der Waals surface area (Å²) < 4.78 is 43.0. The zero-order valence-corrected chi connectivity index (χ0v) is 18.0. The first kappa shape index (κ1) is 22.2. The molecule has 32 heavy (non-hydrogen) atoms. The van der Waals surface area contributed by atoms with Gasteiger partial charge in [0.15, 0.2) is 5.60 Å². The molecule has 1 aliphatic carbocycles. The number of fused-ring (bicyclic) bond motifs is 2. The number of pyridine rings is 1. The van der Waals surface area contributed by atoms with Crippen molar-refractivity contribution in [3.8, 4) is 5.75 Å². The zero-order valence-electron chi connectivity index (χ0n) is 18.0. The van der Waals surface area contributed by atoms with Gasteiger partial charge in [0.1, 0.15) is 5.75 Å². The molecule has 3 atom stereocenters. The topological polar surface area (TPSA) is 85.4 Å². The van der Waals surface area contributed by atoms with Crippen molar-refractivity contribution >= 4 is 16.6 Å². The predicted octanol–water partition coefficient (Wildman–Crippen LogP) is 5.19. The van der Waals surface area contributed by atoms with E-state index in [1.54, 1.807) is 45.0 Å². The lowest BCUT2D eigenvalue weighted by molar-refractivity contribution is -0.272. The number of rotatable bonds is 3. The van der Waals surface area contributed by atoms with Gasteiger partial charge in [-0.25, -0.2) is 0 Å². The SMILES string of the molecule is CC[C@H]1C[C@@](O)(C(F)(F)F)[C@@H](Nc2cccc3[nH]c(=O)ccc23)c2cc(C)c(C)c(O)c21. The minimum absolute atomic E-state index is 0.0230. The molecule has 0 radical (unpaired) electrons. The first-order chi connectivity index (χ1) is 15.0. The number of hydrogen-bond donors (Lipinski definition) is 4. The molecule has 0 bridgehead atoms. The molecule has 8 heteroatoms. The van der Waals surface area contributed by atoms with Gasteiger partial charge in [0.2, 0.25) is 5.56 Å². The fourth-order valence-electron chi connectivity index (χ4n) is 4.76. The summed E-state index contributed by atoms with van der Waals surface area (Å²) in [7, 11) is 0. The molecule has 5 nitrogen and oxygen atoms in total. The van der Waals surface area contributed by atoms with Crippen molar-refractivity contribution in [2.24, 2.45) is 0 Å². The maximum Gasteiger partial charge on any atom is 0.419 e. The Bertz CT molecular complexity index is 1250. The summed E-state index contributed by atoms with van der Waals surface area (Å²) in [5.41, 5.74) is -0.669. The number of nitrogens with one attached hydrogen (secondary N) is 2. The molecule has 0 aliphatic heterocycles. The fourth-order valence-corrected chi connectivity index (χ4v) is 4.76. The van der Waals surface area contributed by atoms with Gasteiger partial charge in [-0.1, -0.05) is 19.1 Å². The highest BCUT2D eigenvalue weighted by molar-refractivity contribution is 5.91. The minimum Gasteiger partial charge on any atom is -0.507 e. The van der Waals surface area contributed by atoms with Gasteiger partial charge in [-0.3, -0.25) is 4.79 Å². The highest BCUT2D eigenvalue weighted by Crippen LogP contribution is 2.55. The van der Waals surface area contributed by atoms with Crippen molar-refractivity contribution in [2.75, 3.05) is 5.32 Å². The van der Waals surface area contributed by atoms with E-state index >= 15 is 0 Å². The third-order valence-electron chi connectivity index (χ3n) is 6.69. The number of aliphatic hydroxyl groups is 1. The summed E-state index contributed by atoms with van der Waals surface area (Å²) in [5, 5.41) is 25.4. The van der Waals surface area contributed by atoms with Gasteiger partial charge in [0.05, 0.1) is 11.6 Å². The summed E-state index contributed by atoms with van der Waals surface area (Å²) >= 11 is 0. The van der Waals surface area contributed by atoms with Gasteiger partial charge >= 0.3 is 6.18 Å². The number of aromatic nitrogens is 1. The molecule has 0 saturated heterocycles. The third kappa shape index (κ3) is 3.33. The number of aromatic amines is 1. The molecule has 4 rings (SSSR count). The quantitative estimate of drug-likeness (QED) is 0.446. The largest absolute Gasteiger partial charge is 0.507 e. The van der Waals surface area contributed by atoms with Crippen LogP contribution in [-0.4, -0.2) is 27.0 Å². The maximum atomic E-state index is 14.3. The van der Waals surface area contributed by atoms with E-state index in [9.17, 15) is 28.2 Å². The van der Waals surface area contributed by atoms with Crippen molar-refractivity contribution in [2.45, 2.75) is 57.3 Å². The molecule has 0 spiro atoms. The Morgan fingerprint density at radius 3 is 2.59 bits per heavy atom. The monoisotopic (exact) mass is 446 g/mol. The first-order valence-electron chi connectivity index (χ1n) is 10.5. The van der Waals surface area contributed by atoms with E-state index < -0.39 is 30.2 Å². The van der Waals surface area contributed by atoms with E-state index in [2.05, 4.69) is 10.3 Å². The number of phenols is 1. The Balaban J connectivity index is 1.97. The summed E-state index contributed by atoms with van der Waals surface area (Å²) in [6.45, 7) is 5.19. The predicted molar refractivity (Wildman–Crippen MR) is 117 cm³/mol. The van der Waals surface area contributed by atoms with Crippen LogP contribution in [0.25, 0.3) is 10.9 Å². The van der Waals surface area contributed by atoms with E-state index in [1.807, 2.05) is 0 Å². The van der Waals surface area contributed by atoms with Crippen LogP contribution in [0.4, 0.5) is 18.9 Å². The van der Waals surface area contributed by atoms with Crippen LogP contribution in [0.15, 0.2) is 41.2 Å². The number of alkyl halides is 3. The minimum atomic E-state index is -4.91. The Kier molecular flexibility index (Phi) is 5.24. The molecule has 0 saturated carbocycles. The van der Waals surface area contributed by atoms with E-state index in [0.29, 0.717) is 39.7 Å². The molecule has 0 fully saturated rings. The van der Waals surface area contributed by atoms with Crippen LogP contribution in [-0.2, 0) is 0 Å². The smallest absolute Gasteiger partial charge is 0.419 e. The molecule has 1 aliphatic rings. The van der Waals surface area contributed by atoms with Crippen LogP contribution in [0.2, 0.25) is 0 Å². The van der Waals surface area contributed by atoms with Gasteiger partial charge in [0, 0.05) is 22.7 Å². The number of anilines is 1. The van der Waals surface area contributed by atoms with Crippen LogP contribution in [0.3, 0.4) is 0 Å². The lowest BCUT2D eigenvalue weighted by Crippen LogP contribution is -2.55. The van der Waals surface area contributed by atoms with Crippen molar-refractivity contribution in [1.82, 2.24) is 4.98 Å². The molecule has 1 heterocycles. The number of benzene rings is 2. The average molecular weight is 446 g/mol. The Labute approximate surface area is 182 Å². The van der Waals surface area contributed by atoms with Crippen LogP contribution >= 0.6 is 0 Å². The van der Waals surface area contributed by atoms with E-state index in [1.165, 1.54) is 12.1 Å². The Morgan fingerprint density at radius 2 is 1.94 bits per heavy atom. The van der Waals surface area contributed by atoms with Crippen LogP contribution in [0, 0.1) is 13.8 Å². The summed E-state index contributed by atoms with van der Waals surface area (Å²) in [4.78, 5) is 14.3. The van der Waals surface area contributed by atoms with Gasteiger partial charge in [0.25, 0.3) is 0 Å². The van der Waals surface area contributed by atoms with Gasteiger partial charge < -0.3 is 20.5 Å². The van der Waals surface area contributed by atoms with E-state index in [0.717, 1.165) is 0 Å². The van der Waals surface area contributed by atoms with Gasteiger partial charge in [-0.15, -0.1) is 0 Å². The second-order valence-corrected chi connectivity index (χ2v) is 8.57. The van der Waals surface area contributed by atoms with Gasteiger partial charge in [-0.05, 0) is 67.5 Å². The average Bonchev–Trinajstić information content (AvgIpc) is 2.72. The van der Waals surface area contributed by atoms with Crippen LogP contribution < -0.4 is 10.9 Å². The number of halogens is 3. The van der Waals surface area contributed by atoms with Crippen molar-refractivity contribution in [1.29, 1.82) is 0 Å². The highest BCUT2D eigenvalue weighted by atomic mass is 19.4. The number of phenolic OH excluding ortho intramolecular Hbond substituents is 1. The number of H-pyrrole nitrogens is 1. The molecular formula is C24H25F3N2O3. The standard InChI is InChI=1S/C24H25F3N2O3/c1-4-14-11-23(32,24(25,26)27)22(16-10-12(2)13(3)21(31)20(14)16)29-18-7-5-6-17-15(18)8-9-19(30)28-17/h5-10,14,22,29,31-32H,4,11H2,1-3H3,(H,28,30)/t14-,22-,23-/m0/s1. The van der Waals surface area contributed by atoms with Crippen LogP contribution in [0.5, 0.6) is 5.75 Å². The highest BCUT2D eigenvalue weighted by Gasteiger charge is 2.62. The van der Waals surface area contributed by atoms with E-state index in [-0.39, 0.29) is 16.9 Å².